The Morgan fingerprint density at radius 3 is 2.51 bits per heavy atom. The number of carbonyl (C=O) groups is 1. The van der Waals surface area contributed by atoms with Crippen molar-refractivity contribution >= 4 is 40.0 Å². The first-order valence-electron chi connectivity index (χ1n) is 11.6. The lowest BCUT2D eigenvalue weighted by molar-refractivity contribution is -0.126. The van der Waals surface area contributed by atoms with Gasteiger partial charge in [0.05, 0.1) is 11.1 Å². The van der Waals surface area contributed by atoms with Crippen LogP contribution in [0.25, 0.3) is 11.1 Å². The van der Waals surface area contributed by atoms with Gasteiger partial charge >= 0.3 is 0 Å². The number of benzene rings is 2. The molecule has 2 saturated heterocycles. The van der Waals surface area contributed by atoms with Crippen molar-refractivity contribution < 1.29 is 13.6 Å². The quantitative estimate of drug-likeness (QED) is 0.421. The highest BCUT2D eigenvalue weighted by atomic mass is 32.2. The molecule has 1 aromatic heterocycles. The maximum atomic E-state index is 14.1. The van der Waals surface area contributed by atoms with Crippen LogP contribution >= 0.6 is 23.3 Å². The number of nitrogens with one attached hydrogen (secondary N) is 1. The first-order chi connectivity index (χ1) is 16.5. The third kappa shape index (κ3) is 4.69. The summed E-state index contributed by atoms with van der Waals surface area (Å²) >= 11 is 3.13. The molecule has 2 aliphatic heterocycles. The molecule has 9 heteroatoms. The van der Waals surface area contributed by atoms with E-state index in [2.05, 4.69) is 35.4 Å². The lowest BCUT2D eigenvalue weighted by Crippen LogP contribution is -2.60. The van der Waals surface area contributed by atoms with Gasteiger partial charge < -0.3 is 4.90 Å². The SMILES string of the molecule is Cc1nc(N2CCC3(CN(c4ccc(-c5cc(F)ccc5F)cc4)C3)C2=O)sc1SNC(C)(C)C. The van der Waals surface area contributed by atoms with Gasteiger partial charge in [0.25, 0.3) is 0 Å². The van der Waals surface area contributed by atoms with Crippen molar-refractivity contribution in [3.05, 3.63) is 59.8 Å². The summed E-state index contributed by atoms with van der Waals surface area (Å²) in [5, 5.41) is 0.766. The summed E-state index contributed by atoms with van der Waals surface area (Å²) in [4.78, 5) is 22.1. The predicted octanol–water partition coefficient (Wildman–Crippen LogP) is 6.04. The summed E-state index contributed by atoms with van der Waals surface area (Å²) in [6.45, 7) is 10.3. The van der Waals surface area contributed by atoms with Crippen molar-refractivity contribution in [2.45, 2.75) is 43.9 Å². The number of thiazole rings is 1. The third-order valence-electron chi connectivity index (χ3n) is 6.40. The molecule has 0 radical (unpaired) electrons. The summed E-state index contributed by atoms with van der Waals surface area (Å²) in [5.74, 6) is -0.779. The monoisotopic (exact) mass is 514 g/mol. The van der Waals surface area contributed by atoms with Crippen LogP contribution in [-0.4, -0.2) is 36.1 Å². The Morgan fingerprint density at radius 1 is 1.11 bits per heavy atom. The Labute approximate surface area is 212 Å². The zero-order valence-electron chi connectivity index (χ0n) is 20.2. The van der Waals surface area contributed by atoms with Crippen LogP contribution in [0.1, 0.15) is 32.9 Å². The number of halogens is 2. The predicted molar refractivity (Wildman–Crippen MR) is 139 cm³/mol. The molecule has 0 unspecified atom stereocenters. The standard InChI is InChI=1S/C26H28F2N4OS2/c1-16-22(35-30-25(2,3)4)34-24(29-16)32-12-11-26(23(32)33)14-31(15-26)19-8-5-17(6-9-19)20-13-18(27)7-10-21(20)28/h5-10,13,30H,11-12,14-15H2,1-4H3. The van der Waals surface area contributed by atoms with Crippen molar-refractivity contribution in [2.75, 3.05) is 29.4 Å². The van der Waals surface area contributed by atoms with E-state index in [4.69, 9.17) is 0 Å². The molecule has 35 heavy (non-hydrogen) atoms. The molecular formula is C26H28F2N4OS2. The van der Waals surface area contributed by atoms with Crippen molar-refractivity contribution in [1.29, 1.82) is 0 Å². The van der Waals surface area contributed by atoms with Crippen LogP contribution in [0.5, 0.6) is 0 Å². The Balaban J connectivity index is 1.25. The number of carbonyl (C=O) groups excluding carboxylic acids is 1. The van der Waals surface area contributed by atoms with Gasteiger partial charge in [0, 0.05) is 36.4 Å². The smallest absolute Gasteiger partial charge is 0.238 e. The second kappa shape index (κ2) is 8.87. The van der Waals surface area contributed by atoms with Crippen molar-refractivity contribution in [1.82, 2.24) is 9.71 Å². The van der Waals surface area contributed by atoms with Crippen LogP contribution in [0.2, 0.25) is 0 Å². The minimum absolute atomic E-state index is 0.0200. The van der Waals surface area contributed by atoms with E-state index in [0.29, 0.717) is 25.2 Å². The average Bonchev–Trinajstić information content (AvgIpc) is 3.32. The summed E-state index contributed by atoms with van der Waals surface area (Å²) in [6, 6.07) is 10.9. The van der Waals surface area contributed by atoms with Crippen molar-refractivity contribution in [3.8, 4) is 11.1 Å². The molecule has 5 nitrogen and oxygen atoms in total. The van der Waals surface area contributed by atoms with E-state index in [1.165, 1.54) is 6.07 Å². The van der Waals surface area contributed by atoms with E-state index in [-0.39, 0.29) is 22.4 Å². The lowest BCUT2D eigenvalue weighted by atomic mass is 9.78. The van der Waals surface area contributed by atoms with Gasteiger partial charge in [0.1, 0.15) is 15.8 Å². The zero-order chi connectivity index (χ0) is 25.0. The van der Waals surface area contributed by atoms with Gasteiger partial charge in [0.2, 0.25) is 5.91 Å². The van der Waals surface area contributed by atoms with Crippen LogP contribution in [0.4, 0.5) is 19.6 Å². The molecule has 1 spiro atoms. The van der Waals surface area contributed by atoms with Gasteiger partial charge in [-0.1, -0.05) is 23.5 Å². The first kappa shape index (κ1) is 24.2. The number of hydrogen-bond acceptors (Lipinski definition) is 6. The fraction of sp³-hybridized carbons (Fsp3) is 0.385. The van der Waals surface area contributed by atoms with E-state index in [1.807, 2.05) is 24.0 Å². The Morgan fingerprint density at radius 2 is 1.83 bits per heavy atom. The number of hydrogen-bond donors (Lipinski definition) is 1. The third-order valence-corrected chi connectivity index (χ3v) is 9.07. The van der Waals surface area contributed by atoms with Crippen LogP contribution in [0, 0.1) is 24.0 Å². The second-order valence-electron chi connectivity index (χ2n) is 10.3. The molecule has 184 valence electrons. The highest BCUT2D eigenvalue weighted by Crippen LogP contribution is 2.46. The highest BCUT2D eigenvalue weighted by molar-refractivity contribution is 7.99. The maximum absolute atomic E-state index is 14.1. The Bertz CT molecular complexity index is 1260. The summed E-state index contributed by atoms with van der Waals surface area (Å²) < 4.78 is 32.2. The minimum Gasteiger partial charge on any atom is -0.369 e. The second-order valence-corrected chi connectivity index (χ2v) is 12.4. The van der Waals surface area contributed by atoms with Gasteiger partial charge in [-0.15, -0.1) is 0 Å². The molecule has 1 N–H and O–H groups in total. The fourth-order valence-corrected chi connectivity index (χ4v) is 6.45. The van der Waals surface area contributed by atoms with E-state index in [1.54, 1.807) is 35.4 Å². The maximum Gasteiger partial charge on any atom is 0.238 e. The summed E-state index contributed by atoms with van der Waals surface area (Å²) in [6.07, 6.45) is 0.802. The van der Waals surface area contributed by atoms with Crippen LogP contribution in [0.15, 0.2) is 46.7 Å². The molecule has 1 amide bonds. The number of nitrogens with zero attached hydrogens (tertiary/aromatic N) is 3. The number of aryl methyl sites for hydroxylation is 1. The van der Waals surface area contributed by atoms with Crippen LogP contribution in [-0.2, 0) is 4.79 Å². The first-order valence-corrected chi connectivity index (χ1v) is 13.2. The zero-order valence-corrected chi connectivity index (χ0v) is 21.8. The molecule has 3 aromatic rings. The molecule has 2 aliphatic rings. The topological polar surface area (TPSA) is 48.5 Å². The molecule has 0 bridgehead atoms. The summed E-state index contributed by atoms with van der Waals surface area (Å²) in [7, 11) is 0. The average molecular weight is 515 g/mol. The number of aromatic nitrogens is 1. The lowest BCUT2D eigenvalue weighted by Gasteiger charge is -2.47. The van der Waals surface area contributed by atoms with Crippen molar-refractivity contribution in [2.24, 2.45) is 5.41 Å². The van der Waals surface area contributed by atoms with Crippen molar-refractivity contribution in [3.63, 3.8) is 0 Å². The molecule has 0 aliphatic carbocycles. The van der Waals surface area contributed by atoms with E-state index < -0.39 is 11.6 Å². The largest absolute Gasteiger partial charge is 0.369 e. The Hall–Kier alpha value is -2.49. The molecule has 3 heterocycles. The van der Waals surface area contributed by atoms with Gasteiger partial charge in [-0.05, 0) is 82.0 Å². The van der Waals surface area contributed by atoms with E-state index in [0.717, 1.165) is 39.3 Å². The minimum atomic E-state index is -0.467. The Kier molecular flexibility index (Phi) is 6.14. The normalized spacial score (nSPS) is 17.4. The van der Waals surface area contributed by atoms with Gasteiger partial charge in [-0.2, -0.15) is 0 Å². The van der Waals surface area contributed by atoms with Crippen LogP contribution < -0.4 is 14.5 Å². The van der Waals surface area contributed by atoms with E-state index in [9.17, 15) is 13.6 Å². The molecule has 2 fully saturated rings. The molecular weight excluding hydrogens is 486 g/mol. The molecule has 0 atom stereocenters. The summed E-state index contributed by atoms with van der Waals surface area (Å²) in [5.41, 5.74) is 2.37. The molecule has 0 saturated carbocycles. The van der Waals surface area contributed by atoms with Gasteiger partial charge in [-0.3, -0.25) is 14.4 Å². The van der Waals surface area contributed by atoms with Gasteiger partial charge in [-0.25, -0.2) is 13.8 Å². The van der Waals surface area contributed by atoms with E-state index >= 15 is 0 Å². The number of anilines is 2. The highest BCUT2D eigenvalue weighted by Gasteiger charge is 2.55. The van der Waals surface area contributed by atoms with Gasteiger partial charge in [0.15, 0.2) is 5.13 Å². The van der Waals surface area contributed by atoms with Crippen LogP contribution in [0.3, 0.4) is 0 Å². The molecule has 2 aromatic carbocycles. The fourth-order valence-electron chi connectivity index (χ4n) is 4.51. The number of rotatable bonds is 5. The number of amides is 1. The molecule has 5 rings (SSSR count).